The van der Waals surface area contributed by atoms with Crippen LogP contribution in [0, 0.1) is 0 Å². The number of anilines is 1. The molecule has 0 aliphatic carbocycles. The average molecular weight is 475 g/mol. The summed E-state index contributed by atoms with van der Waals surface area (Å²) >= 11 is 1.60. The number of hydrogen-bond acceptors (Lipinski definition) is 7. The van der Waals surface area contributed by atoms with E-state index in [-0.39, 0.29) is 16.5 Å². The third kappa shape index (κ3) is 5.56. The predicted molar refractivity (Wildman–Crippen MR) is 125 cm³/mol. The highest BCUT2D eigenvalue weighted by Gasteiger charge is 2.23. The molecule has 32 heavy (non-hydrogen) atoms. The molecule has 0 saturated heterocycles. The van der Waals surface area contributed by atoms with E-state index in [9.17, 15) is 13.2 Å². The number of carbonyl (C=O) groups is 1. The Morgan fingerprint density at radius 2 is 1.75 bits per heavy atom. The van der Waals surface area contributed by atoms with Gasteiger partial charge in [-0.25, -0.2) is 8.42 Å². The van der Waals surface area contributed by atoms with Gasteiger partial charge < -0.3 is 4.42 Å². The van der Waals surface area contributed by atoms with Gasteiger partial charge in [0.1, 0.15) is 0 Å². The number of benzene rings is 2. The van der Waals surface area contributed by atoms with Crippen molar-refractivity contribution >= 4 is 33.7 Å². The number of thioether (sulfide) groups is 1. The predicted octanol–water partition coefficient (Wildman–Crippen LogP) is 4.52. The molecule has 0 unspecified atom stereocenters. The molecule has 0 saturated carbocycles. The van der Waals surface area contributed by atoms with Gasteiger partial charge in [0, 0.05) is 29.1 Å². The van der Waals surface area contributed by atoms with Crippen LogP contribution in [0.3, 0.4) is 0 Å². The number of nitrogens with zero attached hydrogens (tertiary/aromatic N) is 3. The van der Waals surface area contributed by atoms with Crippen LogP contribution in [0.15, 0.2) is 62.7 Å². The molecule has 1 heterocycles. The Labute approximate surface area is 192 Å². The average Bonchev–Trinajstić information content (AvgIpc) is 3.27. The molecular formula is C22H26N4O4S2. The van der Waals surface area contributed by atoms with Crippen molar-refractivity contribution in [1.82, 2.24) is 14.5 Å². The largest absolute Gasteiger partial charge is 0.403 e. The van der Waals surface area contributed by atoms with Gasteiger partial charge >= 0.3 is 6.01 Å². The van der Waals surface area contributed by atoms with Crippen molar-refractivity contribution in [3.8, 4) is 11.5 Å². The van der Waals surface area contributed by atoms with Crippen LogP contribution in [-0.4, -0.2) is 48.2 Å². The third-order valence-electron chi connectivity index (χ3n) is 4.66. The van der Waals surface area contributed by atoms with Crippen LogP contribution in [0.5, 0.6) is 0 Å². The minimum atomic E-state index is -3.60. The van der Waals surface area contributed by atoms with E-state index in [2.05, 4.69) is 15.5 Å². The molecular weight excluding hydrogens is 448 g/mol. The van der Waals surface area contributed by atoms with E-state index in [1.54, 1.807) is 11.8 Å². The Balaban J connectivity index is 1.72. The number of amides is 1. The lowest BCUT2D eigenvalue weighted by molar-refractivity contribution is 0.102. The second-order valence-electron chi connectivity index (χ2n) is 7.03. The Morgan fingerprint density at radius 1 is 1.06 bits per heavy atom. The molecule has 0 atom stereocenters. The maximum atomic E-state index is 12.9. The Kier molecular flexibility index (Phi) is 8.05. The number of rotatable bonds is 10. The monoisotopic (exact) mass is 474 g/mol. The van der Waals surface area contributed by atoms with E-state index < -0.39 is 15.9 Å². The van der Waals surface area contributed by atoms with Gasteiger partial charge in [-0.1, -0.05) is 25.0 Å². The Hall–Kier alpha value is -2.69. The van der Waals surface area contributed by atoms with Crippen molar-refractivity contribution in [3.63, 3.8) is 0 Å². The highest BCUT2D eigenvalue weighted by atomic mass is 32.2. The molecule has 0 radical (unpaired) electrons. The van der Waals surface area contributed by atoms with Crippen molar-refractivity contribution in [2.24, 2.45) is 0 Å². The van der Waals surface area contributed by atoms with E-state index in [1.807, 2.05) is 44.4 Å². The fourth-order valence-corrected chi connectivity index (χ4v) is 5.18. The molecule has 3 aromatic rings. The maximum Gasteiger partial charge on any atom is 0.322 e. The molecule has 1 aromatic heterocycles. The van der Waals surface area contributed by atoms with Gasteiger partial charge in [0.2, 0.25) is 15.9 Å². The molecule has 0 aliphatic rings. The first-order chi connectivity index (χ1) is 15.4. The quantitative estimate of drug-likeness (QED) is 0.431. The van der Waals surface area contributed by atoms with Crippen LogP contribution in [0.2, 0.25) is 0 Å². The van der Waals surface area contributed by atoms with Crippen LogP contribution in [0.4, 0.5) is 6.01 Å². The van der Waals surface area contributed by atoms with Gasteiger partial charge in [-0.05, 0) is 61.6 Å². The Morgan fingerprint density at radius 3 is 2.38 bits per heavy atom. The number of nitrogens with one attached hydrogen (secondary N) is 1. The standard InChI is InChI=1S/C22H26N4O4S2/c1-4-13-26(14-5-2)32(28,29)19-11-9-16(10-12-19)20(27)23-22-25-24-21(30-22)17-7-6-8-18(15-17)31-3/h6-12,15H,4-5,13-14H2,1-3H3,(H,23,25,27). The summed E-state index contributed by atoms with van der Waals surface area (Å²) in [5.74, 6) is -0.175. The molecule has 8 nitrogen and oxygen atoms in total. The van der Waals surface area contributed by atoms with Gasteiger partial charge in [-0.2, -0.15) is 4.31 Å². The molecule has 3 rings (SSSR count). The van der Waals surface area contributed by atoms with Gasteiger partial charge in [0.05, 0.1) is 4.90 Å². The van der Waals surface area contributed by atoms with E-state index in [4.69, 9.17) is 4.42 Å². The first-order valence-corrected chi connectivity index (χ1v) is 12.9. The zero-order chi connectivity index (χ0) is 23.1. The molecule has 2 aromatic carbocycles. The number of aromatic nitrogens is 2. The summed E-state index contributed by atoms with van der Waals surface area (Å²) in [5, 5.41) is 10.4. The van der Waals surface area contributed by atoms with Crippen molar-refractivity contribution < 1.29 is 17.6 Å². The number of carbonyl (C=O) groups excluding carboxylic acids is 1. The highest BCUT2D eigenvalue weighted by molar-refractivity contribution is 7.98. The SMILES string of the molecule is CCCN(CCC)S(=O)(=O)c1ccc(C(=O)Nc2nnc(-c3cccc(SC)c3)o2)cc1. The summed E-state index contributed by atoms with van der Waals surface area (Å²) in [6.45, 7) is 4.79. The Bertz CT molecular complexity index is 1150. The minimum absolute atomic E-state index is 0.0340. The number of hydrogen-bond donors (Lipinski definition) is 1. The van der Waals surface area contributed by atoms with Gasteiger partial charge in [-0.15, -0.1) is 16.9 Å². The fraction of sp³-hybridized carbons (Fsp3) is 0.318. The molecule has 0 bridgehead atoms. The second kappa shape index (κ2) is 10.8. The van der Waals surface area contributed by atoms with Gasteiger partial charge in [-0.3, -0.25) is 10.1 Å². The first-order valence-electron chi connectivity index (χ1n) is 10.3. The molecule has 10 heteroatoms. The zero-order valence-corrected chi connectivity index (χ0v) is 19.9. The lowest BCUT2D eigenvalue weighted by atomic mass is 10.2. The van der Waals surface area contributed by atoms with Crippen LogP contribution in [0.1, 0.15) is 37.0 Å². The summed E-state index contributed by atoms with van der Waals surface area (Å²) in [5.41, 5.74) is 1.04. The van der Waals surface area contributed by atoms with Crippen molar-refractivity contribution in [1.29, 1.82) is 0 Å². The van der Waals surface area contributed by atoms with Crippen LogP contribution in [-0.2, 0) is 10.0 Å². The second-order valence-corrected chi connectivity index (χ2v) is 9.84. The molecule has 170 valence electrons. The molecule has 1 amide bonds. The molecule has 0 spiro atoms. The summed E-state index contributed by atoms with van der Waals surface area (Å²) in [6, 6.07) is 13.4. The first kappa shape index (κ1) is 24.0. The molecule has 0 aliphatic heterocycles. The van der Waals surface area contributed by atoms with Crippen molar-refractivity contribution in [2.45, 2.75) is 36.5 Å². The molecule has 1 N–H and O–H groups in total. The fourth-order valence-electron chi connectivity index (χ4n) is 3.09. The van der Waals surface area contributed by atoms with E-state index >= 15 is 0 Å². The lowest BCUT2D eigenvalue weighted by Crippen LogP contribution is -2.32. The van der Waals surface area contributed by atoms with Crippen LogP contribution >= 0.6 is 11.8 Å². The van der Waals surface area contributed by atoms with E-state index in [0.29, 0.717) is 19.0 Å². The van der Waals surface area contributed by atoms with E-state index in [0.717, 1.165) is 23.3 Å². The number of sulfonamides is 1. The topological polar surface area (TPSA) is 105 Å². The normalized spacial score (nSPS) is 11.6. The van der Waals surface area contributed by atoms with Gasteiger partial charge in [0.15, 0.2) is 0 Å². The van der Waals surface area contributed by atoms with E-state index in [1.165, 1.54) is 28.6 Å². The summed E-state index contributed by atoms with van der Waals surface area (Å²) < 4.78 is 32.7. The van der Waals surface area contributed by atoms with Crippen molar-refractivity contribution in [2.75, 3.05) is 24.7 Å². The van der Waals surface area contributed by atoms with Crippen LogP contribution < -0.4 is 5.32 Å². The highest BCUT2D eigenvalue weighted by Crippen LogP contribution is 2.25. The molecule has 0 fully saturated rings. The summed E-state index contributed by atoms with van der Waals surface area (Å²) in [7, 11) is -3.60. The maximum absolute atomic E-state index is 12.9. The van der Waals surface area contributed by atoms with Gasteiger partial charge in [0.25, 0.3) is 5.91 Å². The lowest BCUT2D eigenvalue weighted by Gasteiger charge is -2.21. The summed E-state index contributed by atoms with van der Waals surface area (Å²) in [6.07, 6.45) is 3.43. The summed E-state index contributed by atoms with van der Waals surface area (Å²) in [4.78, 5) is 13.8. The van der Waals surface area contributed by atoms with Crippen LogP contribution in [0.25, 0.3) is 11.5 Å². The third-order valence-corrected chi connectivity index (χ3v) is 7.30. The smallest absolute Gasteiger partial charge is 0.322 e. The minimum Gasteiger partial charge on any atom is -0.403 e. The van der Waals surface area contributed by atoms with Crippen molar-refractivity contribution in [3.05, 3.63) is 54.1 Å². The zero-order valence-electron chi connectivity index (χ0n) is 18.2.